The summed E-state index contributed by atoms with van der Waals surface area (Å²) in [5, 5.41) is 3.78. The van der Waals surface area contributed by atoms with E-state index in [1.165, 1.54) is 4.90 Å². The first kappa shape index (κ1) is 19.9. The van der Waals surface area contributed by atoms with Crippen molar-refractivity contribution >= 4 is 40.4 Å². The van der Waals surface area contributed by atoms with E-state index in [2.05, 4.69) is 5.32 Å². The van der Waals surface area contributed by atoms with E-state index in [1.807, 2.05) is 75.4 Å². The van der Waals surface area contributed by atoms with Gasteiger partial charge in [-0.1, -0.05) is 65.7 Å². The lowest BCUT2D eigenvalue weighted by Gasteiger charge is -2.18. The van der Waals surface area contributed by atoms with Crippen LogP contribution in [0.25, 0.3) is 5.57 Å². The number of aryl methyl sites for hydroxylation is 2. The van der Waals surface area contributed by atoms with E-state index in [0.29, 0.717) is 27.5 Å². The number of anilines is 2. The van der Waals surface area contributed by atoms with Gasteiger partial charge in [-0.15, -0.1) is 0 Å². The zero-order valence-electron chi connectivity index (χ0n) is 17.0. The summed E-state index contributed by atoms with van der Waals surface area (Å²) in [5.41, 5.74) is 5.29. The molecule has 1 aliphatic heterocycles. The van der Waals surface area contributed by atoms with Crippen molar-refractivity contribution in [3.05, 3.63) is 99.7 Å². The number of nitrogens with zero attached hydrogens (tertiary/aromatic N) is 1. The average Bonchev–Trinajstić information content (AvgIpc) is 2.96. The molecule has 0 aromatic heterocycles. The molecule has 1 aliphatic rings. The minimum atomic E-state index is -0.385. The molecule has 0 atom stereocenters. The van der Waals surface area contributed by atoms with Gasteiger partial charge in [0.25, 0.3) is 11.8 Å². The molecular weight excluding hydrogens is 396 g/mol. The smallest absolute Gasteiger partial charge is 0.282 e. The van der Waals surface area contributed by atoms with Gasteiger partial charge in [0.05, 0.1) is 11.3 Å². The summed E-state index contributed by atoms with van der Waals surface area (Å²) in [6.07, 6.45) is 0. The number of amides is 2. The van der Waals surface area contributed by atoms with Gasteiger partial charge in [-0.3, -0.25) is 9.59 Å². The fourth-order valence-corrected chi connectivity index (χ4v) is 3.72. The number of rotatable bonds is 4. The van der Waals surface area contributed by atoms with Crippen LogP contribution in [0.1, 0.15) is 22.3 Å². The number of hydrogen-bond acceptors (Lipinski definition) is 3. The van der Waals surface area contributed by atoms with Gasteiger partial charge in [0, 0.05) is 10.7 Å². The standard InChI is InChI=1S/C25H21ClN2O2/c1-15-11-13-18(14-12-15)22-23(27-20-9-6-8-19(26)17(20)3)25(30)28(24(22)29)21-10-5-4-7-16(21)2/h4-14,27H,1-3H3. The van der Waals surface area contributed by atoms with Gasteiger partial charge in [-0.25, -0.2) is 4.90 Å². The van der Waals surface area contributed by atoms with Crippen molar-refractivity contribution in [2.24, 2.45) is 0 Å². The van der Waals surface area contributed by atoms with Gasteiger partial charge in [0.15, 0.2) is 0 Å². The number of carbonyl (C=O) groups is 2. The molecule has 5 heteroatoms. The van der Waals surface area contributed by atoms with E-state index in [0.717, 1.165) is 16.7 Å². The predicted molar refractivity (Wildman–Crippen MR) is 122 cm³/mol. The van der Waals surface area contributed by atoms with Crippen LogP contribution in [0.2, 0.25) is 5.02 Å². The van der Waals surface area contributed by atoms with Crippen molar-refractivity contribution in [2.45, 2.75) is 20.8 Å². The van der Waals surface area contributed by atoms with Gasteiger partial charge in [-0.05, 0) is 55.7 Å². The second-order valence-electron chi connectivity index (χ2n) is 7.39. The first-order valence-electron chi connectivity index (χ1n) is 9.66. The lowest BCUT2D eigenvalue weighted by atomic mass is 10.0. The molecule has 0 fully saturated rings. The second kappa shape index (κ2) is 7.81. The Kier molecular flexibility index (Phi) is 5.18. The Bertz CT molecular complexity index is 1200. The van der Waals surface area contributed by atoms with Crippen molar-refractivity contribution in [1.29, 1.82) is 0 Å². The summed E-state index contributed by atoms with van der Waals surface area (Å²) < 4.78 is 0. The van der Waals surface area contributed by atoms with Crippen molar-refractivity contribution in [1.82, 2.24) is 0 Å². The van der Waals surface area contributed by atoms with E-state index in [-0.39, 0.29) is 17.5 Å². The van der Waals surface area contributed by atoms with Crippen LogP contribution in [0.4, 0.5) is 11.4 Å². The average molecular weight is 417 g/mol. The Morgan fingerprint density at radius 3 is 2.20 bits per heavy atom. The molecule has 3 aromatic rings. The van der Waals surface area contributed by atoms with Crippen LogP contribution in [0.3, 0.4) is 0 Å². The van der Waals surface area contributed by atoms with Crippen LogP contribution in [0.5, 0.6) is 0 Å². The van der Waals surface area contributed by atoms with Gasteiger partial charge < -0.3 is 5.32 Å². The zero-order chi connectivity index (χ0) is 21.4. The number of para-hydroxylation sites is 1. The second-order valence-corrected chi connectivity index (χ2v) is 7.79. The largest absolute Gasteiger partial charge is 0.350 e. The van der Waals surface area contributed by atoms with Crippen LogP contribution in [0, 0.1) is 20.8 Å². The summed E-state index contributed by atoms with van der Waals surface area (Å²) >= 11 is 6.26. The quantitative estimate of drug-likeness (QED) is 0.558. The van der Waals surface area contributed by atoms with Crippen molar-refractivity contribution in [3.8, 4) is 0 Å². The number of hydrogen-bond donors (Lipinski definition) is 1. The summed E-state index contributed by atoms with van der Waals surface area (Å²) in [7, 11) is 0. The predicted octanol–water partition coefficient (Wildman–Crippen LogP) is 5.66. The summed E-state index contributed by atoms with van der Waals surface area (Å²) in [6, 6.07) is 20.4. The minimum Gasteiger partial charge on any atom is -0.350 e. The third-order valence-electron chi connectivity index (χ3n) is 5.31. The van der Waals surface area contributed by atoms with Crippen molar-refractivity contribution in [2.75, 3.05) is 10.2 Å². The lowest BCUT2D eigenvalue weighted by Crippen LogP contribution is -2.33. The van der Waals surface area contributed by atoms with Gasteiger partial charge in [-0.2, -0.15) is 0 Å². The molecule has 4 nitrogen and oxygen atoms in total. The Morgan fingerprint density at radius 1 is 0.800 bits per heavy atom. The molecule has 0 bridgehead atoms. The van der Waals surface area contributed by atoms with Crippen LogP contribution in [0.15, 0.2) is 72.4 Å². The van der Waals surface area contributed by atoms with E-state index in [9.17, 15) is 9.59 Å². The SMILES string of the molecule is Cc1ccc(C2=C(Nc3cccc(Cl)c3C)C(=O)N(c3ccccc3C)C2=O)cc1. The van der Waals surface area contributed by atoms with Crippen LogP contribution < -0.4 is 10.2 Å². The number of carbonyl (C=O) groups excluding carboxylic acids is 2. The van der Waals surface area contributed by atoms with Gasteiger partial charge in [0.2, 0.25) is 0 Å². The highest BCUT2D eigenvalue weighted by Crippen LogP contribution is 2.36. The molecule has 1 N–H and O–H groups in total. The van der Waals surface area contributed by atoms with Gasteiger partial charge in [0.1, 0.15) is 5.70 Å². The summed E-state index contributed by atoms with van der Waals surface area (Å²) in [5.74, 6) is -0.732. The molecular formula is C25H21ClN2O2. The molecule has 3 aromatic carbocycles. The fourth-order valence-electron chi connectivity index (χ4n) is 3.54. The highest BCUT2D eigenvalue weighted by atomic mass is 35.5. The van der Waals surface area contributed by atoms with E-state index in [1.54, 1.807) is 12.1 Å². The number of imide groups is 1. The highest BCUT2D eigenvalue weighted by Gasteiger charge is 2.40. The molecule has 0 saturated heterocycles. The van der Waals surface area contributed by atoms with Crippen LogP contribution >= 0.6 is 11.6 Å². The molecule has 0 unspecified atom stereocenters. The molecule has 0 radical (unpaired) electrons. The van der Waals surface area contributed by atoms with Crippen LogP contribution in [-0.4, -0.2) is 11.8 Å². The Morgan fingerprint density at radius 2 is 1.50 bits per heavy atom. The fraction of sp³-hybridized carbons (Fsp3) is 0.120. The minimum absolute atomic E-state index is 0.248. The third kappa shape index (κ3) is 3.40. The molecule has 150 valence electrons. The maximum atomic E-state index is 13.5. The Labute approximate surface area is 180 Å². The molecule has 0 saturated carbocycles. The Hall–Kier alpha value is -3.37. The first-order chi connectivity index (χ1) is 14.4. The van der Waals surface area contributed by atoms with Crippen LogP contribution in [-0.2, 0) is 9.59 Å². The number of halogens is 1. The molecule has 1 heterocycles. The topological polar surface area (TPSA) is 49.4 Å². The normalized spacial score (nSPS) is 13.9. The maximum Gasteiger partial charge on any atom is 0.282 e. The molecule has 0 spiro atoms. The molecule has 2 amide bonds. The van der Waals surface area contributed by atoms with Gasteiger partial charge >= 0.3 is 0 Å². The summed E-state index contributed by atoms with van der Waals surface area (Å²) in [4.78, 5) is 28.2. The number of nitrogens with one attached hydrogen (secondary N) is 1. The highest BCUT2D eigenvalue weighted by molar-refractivity contribution is 6.46. The first-order valence-corrected chi connectivity index (χ1v) is 10.0. The lowest BCUT2D eigenvalue weighted by molar-refractivity contribution is -0.120. The van der Waals surface area contributed by atoms with Crippen molar-refractivity contribution < 1.29 is 9.59 Å². The molecule has 0 aliphatic carbocycles. The monoisotopic (exact) mass is 416 g/mol. The van der Waals surface area contributed by atoms with E-state index < -0.39 is 0 Å². The number of benzene rings is 3. The maximum absolute atomic E-state index is 13.5. The molecule has 4 rings (SSSR count). The van der Waals surface area contributed by atoms with Crippen molar-refractivity contribution in [3.63, 3.8) is 0 Å². The Balaban J connectivity index is 1.87. The summed E-state index contributed by atoms with van der Waals surface area (Å²) in [6.45, 7) is 5.74. The molecule has 30 heavy (non-hydrogen) atoms. The third-order valence-corrected chi connectivity index (χ3v) is 5.72. The van der Waals surface area contributed by atoms with E-state index in [4.69, 9.17) is 11.6 Å². The van der Waals surface area contributed by atoms with E-state index >= 15 is 0 Å². The zero-order valence-corrected chi connectivity index (χ0v) is 17.7.